The Kier molecular flexibility index (Phi) is 5.49. The molecule has 0 heterocycles. The van der Waals surface area contributed by atoms with Gasteiger partial charge in [-0.05, 0) is 18.2 Å². The molecule has 0 aliphatic carbocycles. The van der Waals surface area contributed by atoms with Crippen molar-refractivity contribution in [2.45, 2.75) is 0 Å². The Labute approximate surface area is 78.2 Å². The number of halogens is 2. The van der Waals surface area contributed by atoms with Gasteiger partial charge in [0.1, 0.15) is 5.82 Å². The molecule has 0 bridgehead atoms. The molecule has 0 spiro atoms. The zero-order valence-corrected chi connectivity index (χ0v) is 8.01. The minimum Gasteiger partial charge on any atom is -0.400 e. The van der Waals surface area contributed by atoms with Crippen molar-refractivity contribution in [3.8, 4) is 0 Å². The minimum absolute atomic E-state index is 0.0863. The van der Waals surface area contributed by atoms with Crippen molar-refractivity contribution < 1.29 is 14.3 Å². The first-order valence-electron chi connectivity index (χ1n) is 3.09. The van der Waals surface area contributed by atoms with E-state index in [1.165, 1.54) is 12.1 Å². The summed E-state index contributed by atoms with van der Waals surface area (Å²) in [5.74, 6) is -0.496. The van der Waals surface area contributed by atoms with Gasteiger partial charge in [-0.1, -0.05) is 15.9 Å². The SMILES string of the molecule is CO.O=Cc1ccc(Br)cc1F. The van der Waals surface area contributed by atoms with Crippen molar-refractivity contribution in [3.05, 3.63) is 34.1 Å². The minimum atomic E-state index is -0.496. The lowest BCUT2D eigenvalue weighted by atomic mass is 10.2. The van der Waals surface area contributed by atoms with Gasteiger partial charge in [0.2, 0.25) is 0 Å². The molecule has 2 nitrogen and oxygen atoms in total. The number of benzene rings is 1. The van der Waals surface area contributed by atoms with Gasteiger partial charge in [0.15, 0.2) is 6.29 Å². The third kappa shape index (κ3) is 3.11. The molecule has 66 valence electrons. The summed E-state index contributed by atoms with van der Waals surface area (Å²) in [5.41, 5.74) is 0.0863. The first-order chi connectivity index (χ1) is 5.74. The zero-order valence-electron chi connectivity index (χ0n) is 6.42. The van der Waals surface area contributed by atoms with Crippen LogP contribution in [0.2, 0.25) is 0 Å². The van der Waals surface area contributed by atoms with Crippen LogP contribution in [0.1, 0.15) is 10.4 Å². The normalized spacial score (nSPS) is 8.33. The van der Waals surface area contributed by atoms with Crippen LogP contribution >= 0.6 is 15.9 Å². The van der Waals surface area contributed by atoms with Gasteiger partial charge >= 0.3 is 0 Å². The van der Waals surface area contributed by atoms with Gasteiger partial charge in [-0.15, -0.1) is 0 Å². The summed E-state index contributed by atoms with van der Waals surface area (Å²) in [6.45, 7) is 0. The fourth-order valence-corrected chi connectivity index (χ4v) is 0.930. The Morgan fingerprint density at radius 1 is 1.50 bits per heavy atom. The smallest absolute Gasteiger partial charge is 0.152 e. The van der Waals surface area contributed by atoms with Crippen LogP contribution in [0.3, 0.4) is 0 Å². The van der Waals surface area contributed by atoms with Crippen LogP contribution in [0.5, 0.6) is 0 Å². The molecule has 1 rings (SSSR count). The van der Waals surface area contributed by atoms with Crippen molar-refractivity contribution in [3.63, 3.8) is 0 Å². The summed E-state index contributed by atoms with van der Waals surface area (Å²) in [6.07, 6.45) is 0.488. The van der Waals surface area contributed by atoms with E-state index in [2.05, 4.69) is 15.9 Å². The molecule has 1 aromatic carbocycles. The van der Waals surface area contributed by atoms with E-state index in [0.29, 0.717) is 10.8 Å². The Morgan fingerprint density at radius 3 is 2.50 bits per heavy atom. The molecule has 0 aliphatic rings. The van der Waals surface area contributed by atoms with Crippen molar-refractivity contribution in [2.75, 3.05) is 7.11 Å². The second-order valence-corrected chi connectivity index (χ2v) is 2.70. The quantitative estimate of drug-likeness (QED) is 0.756. The molecule has 0 atom stereocenters. The maximum atomic E-state index is 12.6. The van der Waals surface area contributed by atoms with Gasteiger partial charge in [-0.2, -0.15) is 0 Å². The van der Waals surface area contributed by atoms with Crippen LogP contribution in [-0.2, 0) is 0 Å². The molecule has 0 fully saturated rings. The number of carbonyl (C=O) groups is 1. The molecule has 0 saturated carbocycles. The lowest BCUT2D eigenvalue weighted by molar-refractivity contribution is 0.112. The van der Waals surface area contributed by atoms with Gasteiger partial charge in [0.05, 0.1) is 5.56 Å². The van der Waals surface area contributed by atoms with Crippen molar-refractivity contribution in [1.29, 1.82) is 0 Å². The molecule has 4 heteroatoms. The van der Waals surface area contributed by atoms with Crippen LogP contribution in [0, 0.1) is 5.82 Å². The van der Waals surface area contributed by atoms with Crippen LogP contribution in [-0.4, -0.2) is 18.5 Å². The average Bonchev–Trinajstić information content (AvgIpc) is 2.08. The molecule has 12 heavy (non-hydrogen) atoms. The van der Waals surface area contributed by atoms with Gasteiger partial charge < -0.3 is 5.11 Å². The predicted octanol–water partition coefficient (Wildman–Crippen LogP) is 2.01. The number of hydrogen-bond acceptors (Lipinski definition) is 2. The molecule has 0 aromatic heterocycles. The standard InChI is InChI=1S/C7H4BrFO.CH4O/c8-6-2-1-5(4-10)7(9)3-6;1-2/h1-4H;2H,1H3. The highest BCUT2D eigenvalue weighted by atomic mass is 79.9. The predicted molar refractivity (Wildman–Crippen MR) is 47.6 cm³/mol. The van der Waals surface area contributed by atoms with Gasteiger partial charge in [0.25, 0.3) is 0 Å². The summed E-state index contributed by atoms with van der Waals surface area (Å²) < 4.78 is 13.2. The van der Waals surface area contributed by atoms with E-state index in [9.17, 15) is 9.18 Å². The van der Waals surface area contributed by atoms with E-state index < -0.39 is 5.82 Å². The lowest BCUT2D eigenvalue weighted by Crippen LogP contribution is -1.85. The molecule has 0 amide bonds. The molecule has 0 unspecified atom stereocenters. The highest BCUT2D eigenvalue weighted by Gasteiger charge is 1.98. The Morgan fingerprint density at radius 2 is 2.08 bits per heavy atom. The second kappa shape index (κ2) is 5.85. The highest BCUT2D eigenvalue weighted by molar-refractivity contribution is 9.10. The number of aliphatic hydroxyl groups is 1. The van der Waals surface area contributed by atoms with Crippen LogP contribution in [0.4, 0.5) is 4.39 Å². The zero-order chi connectivity index (χ0) is 9.56. The molecule has 0 radical (unpaired) electrons. The van der Waals surface area contributed by atoms with Crippen LogP contribution in [0.15, 0.2) is 22.7 Å². The number of rotatable bonds is 1. The third-order valence-corrected chi connectivity index (χ3v) is 1.58. The fourth-order valence-electron chi connectivity index (χ4n) is 0.597. The number of carbonyl (C=O) groups excluding carboxylic acids is 1. The van der Waals surface area contributed by atoms with Gasteiger partial charge in [-0.3, -0.25) is 4.79 Å². The van der Waals surface area contributed by atoms with E-state index in [4.69, 9.17) is 5.11 Å². The molecule has 1 N–H and O–H groups in total. The monoisotopic (exact) mass is 234 g/mol. The summed E-state index contributed by atoms with van der Waals surface area (Å²) in [6, 6.07) is 4.29. The van der Waals surface area contributed by atoms with Crippen molar-refractivity contribution >= 4 is 22.2 Å². The van der Waals surface area contributed by atoms with E-state index in [1.807, 2.05) is 0 Å². The fraction of sp³-hybridized carbons (Fsp3) is 0.125. The topological polar surface area (TPSA) is 37.3 Å². The third-order valence-electron chi connectivity index (χ3n) is 1.09. The first kappa shape index (κ1) is 11.3. The van der Waals surface area contributed by atoms with Crippen LogP contribution in [0.25, 0.3) is 0 Å². The Balaban J connectivity index is 0.000000561. The second-order valence-electron chi connectivity index (χ2n) is 1.78. The largest absolute Gasteiger partial charge is 0.400 e. The Bertz CT molecular complexity index is 263. The van der Waals surface area contributed by atoms with Gasteiger partial charge in [-0.25, -0.2) is 4.39 Å². The molecular formula is C8H8BrFO2. The highest BCUT2D eigenvalue weighted by Crippen LogP contribution is 2.13. The molecule has 1 aromatic rings. The summed E-state index contributed by atoms with van der Waals surface area (Å²) in [7, 11) is 1.00. The maximum absolute atomic E-state index is 12.6. The van der Waals surface area contributed by atoms with E-state index in [-0.39, 0.29) is 5.56 Å². The van der Waals surface area contributed by atoms with E-state index in [1.54, 1.807) is 6.07 Å². The number of hydrogen-bond donors (Lipinski definition) is 1. The number of aldehydes is 1. The molecule has 0 aliphatic heterocycles. The molecular weight excluding hydrogens is 227 g/mol. The first-order valence-corrected chi connectivity index (χ1v) is 3.88. The van der Waals surface area contributed by atoms with Crippen molar-refractivity contribution in [2.24, 2.45) is 0 Å². The van der Waals surface area contributed by atoms with E-state index in [0.717, 1.165) is 7.11 Å². The number of aliphatic hydroxyl groups excluding tert-OH is 1. The maximum Gasteiger partial charge on any atom is 0.152 e. The van der Waals surface area contributed by atoms with Gasteiger partial charge in [0, 0.05) is 11.6 Å². The average molecular weight is 235 g/mol. The van der Waals surface area contributed by atoms with E-state index >= 15 is 0 Å². The van der Waals surface area contributed by atoms with Crippen LogP contribution < -0.4 is 0 Å². The summed E-state index contributed by atoms with van der Waals surface area (Å²) >= 11 is 3.07. The lowest BCUT2D eigenvalue weighted by Gasteiger charge is -1.92. The summed E-state index contributed by atoms with van der Waals surface area (Å²) in [5, 5.41) is 7.00. The Hall–Kier alpha value is -0.740. The van der Waals surface area contributed by atoms with Crippen molar-refractivity contribution in [1.82, 2.24) is 0 Å². The summed E-state index contributed by atoms with van der Waals surface area (Å²) in [4.78, 5) is 10.1. The molecule has 0 saturated heterocycles.